The molecule has 0 bridgehead atoms. The van der Waals surface area contributed by atoms with Crippen LogP contribution >= 0.6 is 15.9 Å². The molecule has 8 heteroatoms. The number of likely N-dealkylation sites (N-methyl/N-ethyl adjacent to an activating group) is 1. The Labute approximate surface area is 190 Å². The lowest BCUT2D eigenvalue weighted by atomic mass is 10.1. The van der Waals surface area contributed by atoms with E-state index >= 15 is 0 Å². The van der Waals surface area contributed by atoms with Crippen molar-refractivity contribution < 1.29 is 14.4 Å². The Morgan fingerprint density at radius 3 is 2.45 bits per heavy atom. The van der Waals surface area contributed by atoms with Crippen molar-refractivity contribution in [2.45, 2.75) is 13.3 Å². The van der Waals surface area contributed by atoms with Gasteiger partial charge in [-0.2, -0.15) is 0 Å². The largest absolute Gasteiger partial charge is 0.367 e. The summed E-state index contributed by atoms with van der Waals surface area (Å²) in [5, 5.41) is 2.97. The number of nitrogens with zero attached hydrogens (tertiary/aromatic N) is 3. The molecule has 0 atom stereocenters. The number of anilines is 2. The summed E-state index contributed by atoms with van der Waals surface area (Å²) < 4.78 is 0.739. The summed E-state index contributed by atoms with van der Waals surface area (Å²) in [6.45, 7) is 7.06. The second kappa shape index (κ2) is 9.20. The third kappa shape index (κ3) is 4.50. The first-order valence-electron chi connectivity index (χ1n) is 10.5. The Kier molecular flexibility index (Phi) is 6.38. The first-order valence-corrected chi connectivity index (χ1v) is 11.3. The normalized spacial score (nSPS) is 16.6. The van der Waals surface area contributed by atoms with Crippen molar-refractivity contribution in [1.29, 1.82) is 0 Å². The SMILES string of the molecule is CCN1CCN(c2ccccc2NC(=O)CCN2C(=O)c3ccc(Br)cc3C2=O)CC1. The van der Waals surface area contributed by atoms with E-state index in [0.717, 1.165) is 53.5 Å². The van der Waals surface area contributed by atoms with Gasteiger partial charge in [-0.3, -0.25) is 19.3 Å². The first-order chi connectivity index (χ1) is 15.0. The number of benzene rings is 2. The molecule has 0 saturated carbocycles. The highest BCUT2D eigenvalue weighted by Crippen LogP contribution is 2.28. The Balaban J connectivity index is 1.38. The topological polar surface area (TPSA) is 73.0 Å². The summed E-state index contributed by atoms with van der Waals surface area (Å²) >= 11 is 3.33. The number of nitrogens with one attached hydrogen (secondary N) is 1. The highest BCUT2D eigenvalue weighted by Gasteiger charge is 2.35. The summed E-state index contributed by atoms with van der Waals surface area (Å²) in [5.74, 6) is -0.935. The van der Waals surface area contributed by atoms with Gasteiger partial charge < -0.3 is 15.1 Å². The lowest BCUT2D eigenvalue weighted by molar-refractivity contribution is -0.116. The molecule has 2 aromatic rings. The van der Waals surface area contributed by atoms with Crippen molar-refractivity contribution >= 4 is 45.0 Å². The minimum absolute atomic E-state index is 0.0462. The van der Waals surface area contributed by atoms with Crippen LogP contribution in [0, 0.1) is 0 Å². The molecule has 0 spiro atoms. The molecular formula is C23H25BrN4O3. The Morgan fingerprint density at radius 2 is 1.71 bits per heavy atom. The molecule has 1 saturated heterocycles. The van der Waals surface area contributed by atoms with Crippen LogP contribution in [0.4, 0.5) is 11.4 Å². The number of fused-ring (bicyclic) bond motifs is 1. The van der Waals surface area contributed by atoms with E-state index in [1.165, 1.54) is 0 Å². The summed E-state index contributed by atoms with van der Waals surface area (Å²) in [7, 11) is 0. The molecule has 2 aliphatic rings. The number of hydrogen-bond acceptors (Lipinski definition) is 5. The lowest BCUT2D eigenvalue weighted by Crippen LogP contribution is -2.46. The van der Waals surface area contributed by atoms with Gasteiger partial charge in [0.1, 0.15) is 0 Å². The molecule has 2 aliphatic heterocycles. The van der Waals surface area contributed by atoms with Crippen molar-refractivity contribution in [3.8, 4) is 0 Å². The monoisotopic (exact) mass is 484 g/mol. The molecule has 1 fully saturated rings. The third-order valence-corrected chi connectivity index (χ3v) is 6.33. The fourth-order valence-electron chi connectivity index (χ4n) is 4.05. The van der Waals surface area contributed by atoms with Gasteiger partial charge in [0.2, 0.25) is 5.91 Å². The van der Waals surface area contributed by atoms with E-state index in [1.807, 2.05) is 24.3 Å². The summed E-state index contributed by atoms with van der Waals surface area (Å²) in [6.07, 6.45) is 0.0462. The van der Waals surface area contributed by atoms with Crippen LogP contribution in [0.1, 0.15) is 34.1 Å². The van der Waals surface area contributed by atoms with Crippen molar-refractivity contribution in [3.63, 3.8) is 0 Å². The summed E-state index contributed by atoms with van der Waals surface area (Å²) in [6, 6.07) is 12.8. The molecule has 0 radical (unpaired) electrons. The fourth-order valence-corrected chi connectivity index (χ4v) is 4.41. The van der Waals surface area contributed by atoms with Crippen LogP contribution in [-0.2, 0) is 4.79 Å². The second-order valence-corrected chi connectivity index (χ2v) is 8.60. The predicted octanol–water partition coefficient (Wildman–Crippen LogP) is 3.22. The molecule has 4 rings (SSSR count). The van der Waals surface area contributed by atoms with Gasteiger partial charge in [-0.05, 0) is 36.9 Å². The summed E-state index contributed by atoms with van der Waals surface area (Å²) in [4.78, 5) is 43.6. The second-order valence-electron chi connectivity index (χ2n) is 7.69. The van der Waals surface area contributed by atoms with Gasteiger partial charge in [0.05, 0.1) is 22.5 Å². The molecule has 0 aliphatic carbocycles. The Bertz CT molecular complexity index is 1020. The van der Waals surface area contributed by atoms with E-state index < -0.39 is 0 Å². The number of hydrogen-bond donors (Lipinski definition) is 1. The highest BCUT2D eigenvalue weighted by atomic mass is 79.9. The van der Waals surface area contributed by atoms with Crippen molar-refractivity contribution in [3.05, 3.63) is 58.1 Å². The van der Waals surface area contributed by atoms with Crippen molar-refractivity contribution in [1.82, 2.24) is 9.80 Å². The average Bonchev–Trinajstić information content (AvgIpc) is 3.02. The molecule has 3 amide bonds. The minimum Gasteiger partial charge on any atom is -0.367 e. The molecule has 162 valence electrons. The molecule has 31 heavy (non-hydrogen) atoms. The molecular weight excluding hydrogens is 460 g/mol. The number of para-hydroxylation sites is 2. The number of imide groups is 1. The Morgan fingerprint density at radius 1 is 1.00 bits per heavy atom. The van der Waals surface area contributed by atoms with Crippen LogP contribution in [0.5, 0.6) is 0 Å². The zero-order valence-electron chi connectivity index (χ0n) is 17.4. The number of carbonyl (C=O) groups is 3. The van der Waals surface area contributed by atoms with E-state index in [-0.39, 0.29) is 30.7 Å². The van der Waals surface area contributed by atoms with Crippen LogP contribution < -0.4 is 10.2 Å². The van der Waals surface area contributed by atoms with E-state index in [0.29, 0.717) is 11.1 Å². The molecule has 2 heterocycles. The number of carbonyl (C=O) groups excluding carboxylic acids is 3. The first kappa shape index (κ1) is 21.5. The van der Waals surface area contributed by atoms with E-state index in [4.69, 9.17) is 0 Å². The quantitative estimate of drug-likeness (QED) is 0.637. The van der Waals surface area contributed by atoms with E-state index in [2.05, 4.69) is 38.0 Å². The number of rotatable bonds is 6. The lowest BCUT2D eigenvalue weighted by Gasteiger charge is -2.36. The zero-order chi connectivity index (χ0) is 22.0. The van der Waals surface area contributed by atoms with E-state index in [9.17, 15) is 14.4 Å². The smallest absolute Gasteiger partial charge is 0.261 e. The fraction of sp³-hybridized carbons (Fsp3) is 0.348. The molecule has 7 nitrogen and oxygen atoms in total. The maximum absolute atomic E-state index is 12.6. The van der Waals surface area contributed by atoms with Gasteiger partial charge in [0.25, 0.3) is 11.8 Å². The number of amides is 3. The zero-order valence-corrected chi connectivity index (χ0v) is 19.0. The van der Waals surface area contributed by atoms with Gasteiger partial charge in [-0.15, -0.1) is 0 Å². The maximum Gasteiger partial charge on any atom is 0.261 e. The molecule has 0 unspecified atom stereocenters. The van der Waals surface area contributed by atoms with Gasteiger partial charge >= 0.3 is 0 Å². The van der Waals surface area contributed by atoms with Crippen molar-refractivity contribution in [2.24, 2.45) is 0 Å². The molecule has 1 N–H and O–H groups in total. The predicted molar refractivity (Wildman–Crippen MR) is 124 cm³/mol. The van der Waals surface area contributed by atoms with Gasteiger partial charge in [-0.1, -0.05) is 35.0 Å². The van der Waals surface area contributed by atoms with Gasteiger partial charge in [0.15, 0.2) is 0 Å². The van der Waals surface area contributed by atoms with Crippen LogP contribution in [0.25, 0.3) is 0 Å². The molecule has 2 aromatic carbocycles. The van der Waals surface area contributed by atoms with Crippen molar-refractivity contribution in [2.75, 3.05) is 49.5 Å². The summed E-state index contributed by atoms with van der Waals surface area (Å²) in [5.41, 5.74) is 2.50. The van der Waals surface area contributed by atoms with Gasteiger partial charge in [0, 0.05) is 43.6 Å². The Hall–Kier alpha value is -2.71. The van der Waals surface area contributed by atoms with E-state index in [1.54, 1.807) is 18.2 Å². The average molecular weight is 485 g/mol. The highest BCUT2D eigenvalue weighted by molar-refractivity contribution is 9.10. The van der Waals surface area contributed by atoms with Crippen LogP contribution in [-0.4, -0.2) is 66.8 Å². The standard InChI is InChI=1S/C23H25BrN4O3/c1-2-26-11-13-27(14-12-26)20-6-4-3-5-19(20)25-21(29)9-10-28-22(30)17-8-7-16(24)15-18(17)23(28)31/h3-8,15H,2,9-14H2,1H3,(H,25,29). The molecule has 0 aromatic heterocycles. The van der Waals surface area contributed by atoms with Crippen LogP contribution in [0.2, 0.25) is 0 Å². The number of piperazine rings is 1. The van der Waals surface area contributed by atoms with Crippen LogP contribution in [0.3, 0.4) is 0 Å². The van der Waals surface area contributed by atoms with Crippen LogP contribution in [0.15, 0.2) is 46.9 Å². The maximum atomic E-state index is 12.6. The number of halogens is 1. The third-order valence-electron chi connectivity index (χ3n) is 5.83. The minimum atomic E-state index is -0.358. The van der Waals surface area contributed by atoms with Gasteiger partial charge in [-0.25, -0.2) is 0 Å².